The van der Waals surface area contributed by atoms with Gasteiger partial charge < -0.3 is 9.30 Å². The van der Waals surface area contributed by atoms with Crippen molar-refractivity contribution in [2.24, 2.45) is 5.92 Å². The zero-order chi connectivity index (χ0) is 15.3. The highest BCUT2D eigenvalue weighted by Crippen LogP contribution is 2.37. The van der Waals surface area contributed by atoms with Gasteiger partial charge in [-0.3, -0.25) is 0 Å². The quantitative estimate of drug-likeness (QED) is 0.798. The highest BCUT2D eigenvalue weighted by molar-refractivity contribution is 7.90. The number of hydrogen-bond acceptors (Lipinski definition) is 4. The van der Waals surface area contributed by atoms with Gasteiger partial charge in [0.05, 0.1) is 29.8 Å². The van der Waals surface area contributed by atoms with Crippen LogP contribution in [0.3, 0.4) is 0 Å². The molecule has 1 unspecified atom stereocenters. The largest absolute Gasteiger partial charge is 0.375 e. The Morgan fingerprint density at radius 2 is 2.05 bits per heavy atom. The van der Waals surface area contributed by atoms with E-state index in [1.54, 1.807) is 4.31 Å². The average molecular weight is 325 g/mol. The first kappa shape index (κ1) is 14.7. The fraction of sp³-hybridized carbons (Fsp3) is 0.800. The molecule has 3 aliphatic rings. The predicted molar refractivity (Wildman–Crippen MR) is 81.7 cm³/mol. The fourth-order valence-electron chi connectivity index (χ4n) is 3.17. The van der Waals surface area contributed by atoms with E-state index in [0.717, 1.165) is 36.9 Å². The third kappa shape index (κ3) is 2.59. The SMILES string of the molecule is CC1c2ncc(COCC3CC3)n2CCN1S(=O)(=O)C1CC1. The first-order valence-corrected chi connectivity index (χ1v) is 9.70. The van der Waals surface area contributed by atoms with Gasteiger partial charge in [-0.25, -0.2) is 13.4 Å². The molecule has 0 amide bonds. The van der Waals surface area contributed by atoms with Crippen molar-refractivity contribution in [3.05, 3.63) is 17.7 Å². The Morgan fingerprint density at radius 3 is 2.73 bits per heavy atom. The Morgan fingerprint density at radius 1 is 1.27 bits per heavy atom. The lowest BCUT2D eigenvalue weighted by atomic mass is 10.2. The molecule has 0 aromatic carbocycles. The lowest BCUT2D eigenvalue weighted by Crippen LogP contribution is -2.43. The number of sulfonamides is 1. The summed E-state index contributed by atoms with van der Waals surface area (Å²) < 4.78 is 34.5. The Balaban J connectivity index is 1.49. The number of aromatic nitrogens is 2. The average Bonchev–Trinajstić information content (AvgIpc) is 3.38. The molecule has 0 radical (unpaired) electrons. The van der Waals surface area contributed by atoms with Crippen molar-refractivity contribution >= 4 is 10.0 Å². The van der Waals surface area contributed by atoms with Crippen molar-refractivity contribution in [3.8, 4) is 0 Å². The minimum Gasteiger partial charge on any atom is -0.375 e. The Labute approximate surface area is 131 Å². The molecule has 7 heteroatoms. The van der Waals surface area contributed by atoms with Crippen LogP contribution < -0.4 is 0 Å². The normalized spacial score (nSPS) is 26.1. The van der Waals surface area contributed by atoms with E-state index >= 15 is 0 Å². The van der Waals surface area contributed by atoms with Gasteiger partial charge in [0.1, 0.15) is 5.82 Å². The summed E-state index contributed by atoms with van der Waals surface area (Å²) in [7, 11) is -3.14. The molecule has 1 aromatic heterocycles. The monoisotopic (exact) mass is 325 g/mol. The van der Waals surface area contributed by atoms with Crippen LogP contribution in [-0.2, 0) is 27.9 Å². The minimum atomic E-state index is -3.14. The van der Waals surface area contributed by atoms with Crippen molar-refractivity contribution < 1.29 is 13.2 Å². The van der Waals surface area contributed by atoms with Crippen molar-refractivity contribution in [1.29, 1.82) is 0 Å². The summed E-state index contributed by atoms with van der Waals surface area (Å²) in [6.07, 6.45) is 6.03. The summed E-state index contributed by atoms with van der Waals surface area (Å²) in [5.41, 5.74) is 1.06. The standard InChI is InChI=1S/C15H23N3O3S/c1-11-15-16-8-13(10-21-9-12-2-3-12)17(15)6-7-18(11)22(19,20)14-4-5-14/h8,11-12,14H,2-7,9-10H2,1H3. The van der Waals surface area contributed by atoms with Gasteiger partial charge in [0.25, 0.3) is 0 Å². The van der Waals surface area contributed by atoms with E-state index in [0.29, 0.717) is 19.7 Å². The van der Waals surface area contributed by atoms with E-state index in [1.165, 1.54) is 12.8 Å². The molecule has 0 N–H and O–H groups in total. The third-order valence-corrected chi connectivity index (χ3v) is 7.36. The molecule has 0 bridgehead atoms. The summed E-state index contributed by atoms with van der Waals surface area (Å²) in [4.78, 5) is 4.47. The lowest BCUT2D eigenvalue weighted by molar-refractivity contribution is 0.105. The highest BCUT2D eigenvalue weighted by Gasteiger charge is 2.44. The molecule has 2 fully saturated rings. The van der Waals surface area contributed by atoms with Gasteiger partial charge in [-0.1, -0.05) is 0 Å². The van der Waals surface area contributed by atoms with E-state index in [1.807, 2.05) is 13.1 Å². The van der Waals surface area contributed by atoms with Gasteiger partial charge in [-0.15, -0.1) is 0 Å². The van der Waals surface area contributed by atoms with Crippen molar-refractivity contribution in [2.75, 3.05) is 13.2 Å². The van der Waals surface area contributed by atoms with Crippen LogP contribution in [0.25, 0.3) is 0 Å². The van der Waals surface area contributed by atoms with Crippen LogP contribution >= 0.6 is 0 Å². The van der Waals surface area contributed by atoms with Crippen LogP contribution in [0, 0.1) is 5.92 Å². The maximum Gasteiger partial charge on any atom is 0.217 e. The number of imidazole rings is 1. The second-order valence-electron chi connectivity index (χ2n) is 6.75. The van der Waals surface area contributed by atoms with Crippen LogP contribution in [0.2, 0.25) is 0 Å². The van der Waals surface area contributed by atoms with Crippen molar-refractivity contribution in [2.45, 2.75) is 57.1 Å². The van der Waals surface area contributed by atoms with E-state index in [9.17, 15) is 8.42 Å². The maximum absolute atomic E-state index is 12.5. The molecular formula is C15H23N3O3S. The van der Waals surface area contributed by atoms with Gasteiger partial charge in [0.2, 0.25) is 10.0 Å². The molecule has 0 spiro atoms. The summed E-state index contributed by atoms with van der Waals surface area (Å²) in [5, 5.41) is -0.155. The maximum atomic E-state index is 12.5. The van der Waals surface area contributed by atoms with E-state index in [-0.39, 0.29) is 11.3 Å². The topological polar surface area (TPSA) is 64.4 Å². The van der Waals surface area contributed by atoms with Gasteiger partial charge in [-0.2, -0.15) is 4.31 Å². The Hall–Kier alpha value is -0.920. The molecule has 1 aliphatic heterocycles. The first-order valence-electron chi connectivity index (χ1n) is 8.20. The molecule has 4 rings (SSSR count). The molecule has 2 heterocycles. The number of rotatable bonds is 6. The summed E-state index contributed by atoms with van der Waals surface area (Å²) in [5.74, 6) is 1.60. The number of ether oxygens (including phenoxy) is 1. The molecular weight excluding hydrogens is 302 g/mol. The molecule has 1 atom stereocenters. The summed E-state index contributed by atoms with van der Waals surface area (Å²) in [6, 6.07) is -0.184. The van der Waals surface area contributed by atoms with E-state index in [4.69, 9.17) is 4.74 Å². The Kier molecular flexibility index (Phi) is 3.54. The summed E-state index contributed by atoms with van der Waals surface area (Å²) >= 11 is 0. The van der Waals surface area contributed by atoms with Crippen molar-refractivity contribution in [1.82, 2.24) is 13.9 Å². The van der Waals surface area contributed by atoms with Crippen LogP contribution in [0.4, 0.5) is 0 Å². The van der Waals surface area contributed by atoms with Crippen molar-refractivity contribution in [3.63, 3.8) is 0 Å². The molecule has 22 heavy (non-hydrogen) atoms. The molecule has 6 nitrogen and oxygen atoms in total. The van der Waals surface area contributed by atoms with Gasteiger partial charge in [0.15, 0.2) is 0 Å². The van der Waals surface area contributed by atoms with Gasteiger partial charge in [0, 0.05) is 19.7 Å². The number of fused-ring (bicyclic) bond motifs is 1. The zero-order valence-electron chi connectivity index (χ0n) is 12.9. The molecule has 2 aliphatic carbocycles. The fourth-order valence-corrected chi connectivity index (χ4v) is 5.16. The first-order chi connectivity index (χ1) is 10.6. The number of nitrogens with zero attached hydrogens (tertiary/aromatic N) is 3. The van der Waals surface area contributed by atoms with Crippen LogP contribution in [-0.4, -0.2) is 40.7 Å². The van der Waals surface area contributed by atoms with Crippen LogP contribution in [0.5, 0.6) is 0 Å². The van der Waals surface area contributed by atoms with Crippen LogP contribution in [0.15, 0.2) is 6.20 Å². The highest BCUT2D eigenvalue weighted by atomic mass is 32.2. The smallest absolute Gasteiger partial charge is 0.217 e. The minimum absolute atomic E-state index is 0.155. The predicted octanol–water partition coefficient (Wildman–Crippen LogP) is 1.68. The zero-order valence-corrected chi connectivity index (χ0v) is 13.8. The van der Waals surface area contributed by atoms with Gasteiger partial charge >= 0.3 is 0 Å². The second-order valence-corrected chi connectivity index (χ2v) is 8.91. The second kappa shape index (κ2) is 5.32. The third-order valence-electron chi connectivity index (χ3n) is 4.89. The summed E-state index contributed by atoms with van der Waals surface area (Å²) in [6.45, 7) is 4.56. The van der Waals surface area contributed by atoms with E-state index in [2.05, 4.69) is 9.55 Å². The molecule has 2 saturated carbocycles. The van der Waals surface area contributed by atoms with Crippen LogP contribution in [0.1, 0.15) is 50.2 Å². The number of hydrogen-bond donors (Lipinski definition) is 0. The molecule has 0 saturated heterocycles. The van der Waals surface area contributed by atoms with Gasteiger partial charge in [-0.05, 0) is 38.5 Å². The lowest BCUT2D eigenvalue weighted by Gasteiger charge is -2.33. The molecule has 1 aromatic rings. The van der Waals surface area contributed by atoms with E-state index < -0.39 is 10.0 Å². The Bertz CT molecular complexity index is 662. The molecule has 122 valence electrons.